The van der Waals surface area contributed by atoms with Gasteiger partial charge < -0.3 is 0 Å². The lowest BCUT2D eigenvalue weighted by Gasteiger charge is -2.04. The SMILES string of the molecule is Clc1c2c(nc3ccccc13)SCC2. The van der Waals surface area contributed by atoms with Crippen LogP contribution in [0.25, 0.3) is 10.9 Å². The molecule has 3 rings (SSSR count). The Balaban J connectivity index is 2.44. The standard InChI is InChI=1S/C11H8ClNS/c12-10-7-3-1-2-4-9(7)13-11-8(10)5-6-14-11/h1-4H,5-6H2. The summed E-state index contributed by atoms with van der Waals surface area (Å²) in [7, 11) is 0. The number of hydrogen-bond donors (Lipinski definition) is 0. The fraction of sp³-hybridized carbons (Fsp3) is 0.182. The normalized spacial score (nSPS) is 14.6. The first-order valence-corrected chi connectivity index (χ1v) is 5.92. The molecule has 1 aromatic heterocycles. The van der Waals surface area contributed by atoms with Crippen LogP contribution in [0.15, 0.2) is 29.3 Å². The summed E-state index contributed by atoms with van der Waals surface area (Å²) in [5.74, 6) is 1.11. The van der Waals surface area contributed by atoms with Gasteiger partial charge >= 0.3 is 0 Å². The summed E-state index contributed by atoms with van der Waals surface area (Å²) in [6, 6.07) is 8.05. The zero-order valence-electron chi connectivity index (χ0n) is 7.46. The fourth-order valence-corrected chi connectivity index (χ4v) is 3.22. The van der Waals surface area contributed by atoms with Gasteiger partial charge in [0.2, 0.25) is 0 Å². The highest BCUT2D eigenvalue weighted by molar-refractivity contribution is 7.99. The van der Waals surface area contributed by atoms with E-state index in [1.807, 2.05) is 24.3 Å². The van der Waals surface area contributed by atoms with Crippen LogP contribution in [0.4, 0.5) is 0 Å². The van der Waals surface area contributed by atoms with E-state index in [0.717, 1.165) is 33.1 Å². The van der Waals surface area contributed by atoms with E-state index in [1.165, 1.54) is 5.56 Å². The van der Waals surface area contributed by atoms with Crippen LogP contribution in [0.5, 0.6) is 0 Å². The van der Waals surface area contributed by atoms with Crippen LogP contribution in [0.1, 0.15) is 5.56 Å². The summed E-state index contributed by atoms with van der Waals surface area (Å²) in [5.41, 5.74) is 2.24. The van der Waals surface area contributed by atoms with Crippen LogP contribution >= 0.6 is 23.4 Å². The second kappa shape index (κ2) is 3.14. The summed E-state index contributed by atoms with van der Waals surface area (Å²) in [5, 5.41) is 3.10. The zero-order chi connectivity index (χ0) is 9.54. The lowest BCUT2D eigenvalue weighted by atomic mass is 10.1. The van der Waals surface area contributed by atoms with Gasteiger partial charge in [-0.1, -0.05) is 29.8 Å². The average Bonchev–Trinajstić information content (AvgIpc) is 2.66. The molecule has 0 radical (unpaired) electrons. The van der Waals surface area contributed by atoms with Gasteiger partial charge in [-0.15, -0.1) is 11.8 Å². The molecule has 0 aliphatic carbocycles. The third kappa shape index (κ3) is 1.14. The molecule has 2 aromatic rings. The van der Waals surface area contributed by atoms with Gasteiger partial charge in [-0.25, -0.2) is 4.98 Å². The van der Waals surface area contributed by atoms with Crippen LogP contribution < -0.4 is 0 Å². The van der Waals surface area contributed by atoms with Crippen molar-refractivity contribution < 1.29 is 0 Å². The summed E-state index contributed by atoms with van der Waals surface area (Å²) in [6.07, 6.45) is 1.05. The number of para-hydroxylation sites is 1. The van der Waals surface area contributed by atoms with Crippen LogP contribution in [-0.4, -0.2) is 10.7 Å². The monoisotopic (exact) mass is 221 g/mol. The number of hydrogen-bond acceptors (Lipinski definition) is 2. The van der Waals surface area contributed by atoms with Crippen LogP contribution in [0.2, 0.25) is 5.02 Å². The Hall–Kier alpha value is -0.730. The summed E-state index contributed by atoms with van der Waals surface area (Å²) >= 11 is 8.13. The van der Waals surface area contributed by atoms with Gasteiger partial charge in [0.05, 0.1) is 10.5 Å². The molecule has 70 valence electrons. The molecule has 1 aliphatic heterocycles. The van der Waals surface area contributed by atoms with E-state index in [1.54, 1.807) is 11.8 Å². The molecule has 0 amide bonds. The van der Waals surface area contributed by atoms with E-state index in [-0.39, 0.29) is 0 Å². The molecular formula is C11H8ClNS. The highest BCUT2D eigenvalue weighted by Gasteiger charge is 2.18. The Morgan fingerprint density at radius 1 is 1.29 bits per heavy atom. The van der Waals surface area contributed by atoms with E-state index in [0.29, 0.717) is 0 Å². The van der Waals surface area contributed by atoms with Crippen molar-refractivity contribution in [3.63, 3.8) is 0 Å². The first-order valence-electron chi connectivity index (χ1n) is 4.56. The molecule has 1 aromatic carbocycles. The third-order valence-electron chi connectivity index (χ3n) is 2.48. The van der Waals surface area contributed by atoms with Gasteiger partial charge in [0, 0.05) is 16.7 Å². The maximum atomic E-state index is 6.33. The van der Waals surface area contributed by atoms with Crippen molar-refractivity contribution in [2.24, 2.45) is 0 Å². The maximum absolute atomic E-state index is 6.33. The Morgan fingerprint density at radius 2 is 2.14 bits per heavy atom. The minimum absolute atomic E-state index is 0.899. The Labute approximate surface area is 91.5 Å². The molecule has 14 heavy (non-hydrogen) atoms. The Morgan fingerprint density at radius 3 is 3.07 bits per heavy atom. The minimum atomic E-state index is 0.899. The molecular weight excluding hydrogens is 214 g/mol. The Kier molecular flexibility index (Phi) is 1.92. The number of pyridine rings is 1. The lowest BCUT2D eigenvalue weighted by Crippen LogP contribution is -1.88. The Bertz CT molecular complexity index is 510. The molecule has 0 fully saturated rings. The molecule has 0 saturated heterocycles. The number of rotatable bonds is 0. The quantitative estimate of drug-likeness (QED) is 0.675. The largest absolute Gasteiger partial charge is 0.241 e. The van der Waals surface area contributed by atoms with Crippen LogP contribution in [-0.2, 0) is 6.42 Å². The second-order valence-electron chi connectivity index (χ2n) is 3.33. The van der Waals surface area contributed by atoms with Gasteiger partial charge in [0.25, 0.3) is 0 Å². The predicted octanol–water partition coefficient (Wildman–Crippen LogP) is 3.54. The van der Waals surface area contributed by atoms with Gasteiger partial charge in [0.1, 0.15) is 5.03 Å². The number of fused-ring (bicyclic) bond motifs is 2. The van der Waals surface area contributed by atoms with Crippen molar-refractivity contribution in [1.29, 1.82) is 0 Å². The first-order chi connectivity index (χ1) is 6.86. The van der Waals surface area contributed by atoms with E-state index in [2.05, 4.69) is 4.98 Å². The van der Waals surface area contributed by atoms with Crippen LogP contribution in [0.3, 0.4) is 0 Å². The number of halogens is 1. The summed E-state index contributed by atoms with van der Waals surface area (Å²) in [6.45, 7) is 0. The third-order valence-corrected chi connectivity index (χ3v) is 3.93. The summed E-state index contributed by atoms with van der Waals surface area (Å²) in [4.78, 5) is 4.60. The number of benzene rings is 1. The molecule has 0 saturated carbocycles. The second-order valence-corrected chi connectivity index (χ2v) is 4.79. The topological polar surface area (TPSA) is 12.9 Å². The van der Waals surface area contributed by atoms with Crippen molar-refractivity contribution in [1.82, 2.24) is 4.98 Å². The smallest absolute Gasteiger partial charge is 0.101 e. The van der Waals surface area contributed by atoms with E-state index in [4.69, 9.17) is 11.6 Å². The molecule has 1 nitrogen and oxygen atoms in total. The first kappa shape index (κ1) is 8.57. The molecule has 0 N–H and O–H groups in total. The van der Waals surface area contributed by atoms with Gasteiger partial charge in [-0.2, -0.15) is 0 Å². The predicted molar refractivity (Wildman–Crippen MR) is 61.2 cm³/mol. The van der Waals surface area contributed by atoms with Crippen molar-refractivity contribution in [3.05, 3.63) is 34.9 Å². The molecule has 3 heteroatoms. The molecule has 0 spiro atoms. The fourth-order valence-electron chi connectivity index (χ4n) is 1.78. The highest BCUT2D eigenvalue weighted by atomic mass is 35.5. The van der Waals surface area contributed by atoms with Gasteiger partial charge in [-0.05, 0) is 12.5 Å². The number of aromatic nitrogens is 1. The van der Waals surface area contributed by atoms with E-state index < -0.39 is 0 Å². The van der Waals surface area contributed by atoms with Gasteiger partial charge in [-0.3, -0.25) is 0 Å². The summed E-state index contributed by atoms with van der Waals surface area (Å²) < 4.78 is 0. The molecule has 1 aliphatic rings. The lowest BCUT2D eigenvalue weighted by molar-refractivity contribution is 1.08. The van der Waals surface area contributed by atoms with Crippen molar-refractivity contribution >= 4 is 34.3 Å². The zero-order valence-corrected chi connectivity index (χ0v) is 9.03. The molecule has 0 atom stereocenters. The van der Waals surface area contributed by atoms with E-state index in [9.17, 15) is 0 Å². The van der Waals surface area contributed by atoms with E-state index >= 15 is 0 Å². The molecule has 0 unspecified atom stereocenters. The molecule has 0 bridgehead atoms. The van der Waals surface area contributed by atoms with Crippen molar-refractivity contribution in [3.8, 4) is 0 Å². The molecule has 2 heterocycles. The maximum Gasteiger partial charge on any atom is 0.101 e. The number of thioether (sulfide) groups is 1. The van der Waals surface area contributed by atoms with Crippen molar-refractivity contribution in [2.75, 3.05) is 5.75 Å². The van der Waals surface area contributed by atoms with Gasteiger partial charge in [0.15, 0.2) is 0 Å². The van der Waals surface area contributed by atoms with Crippen molar-refractivity contribution in [2.45, 2.75) is 11.4 Å². The van der Waals surface area contributed by atoms with Crippen LogP contribution in [0, 0.1) is 0 Å². The number of nitrogens with zero attached hydrogens (tertiary/aromatic N) is 1. The highest BCUT2D eigenvalue weighted by Crippen LogP contribution is 2.38. The minimum Gasteiger partial charge on any atom is -0.241 e. The average molecular weight is 222 g/mol.